The molecule has 2 saturated heterocycles. The van der Waals surface area contributed by atoms with Crippen molar-refractivity contribution in [2.24, 2.45) is 11.8 Å². The molecule has 0 aromatic carbocycles. The molecule has 2 aliphatic heterocycles. The first kappa shape index (κ1) is 15.3. The summed E-state index contributed by atoms with van der Waals surface area (Å²) in [5, 5.41) is 3.72. The van der Waals surface area contributed by atoms with Crippen molar-refractivity contribution in [3.05, 3.63) is 0 Å². The van der Waals surface area contributed by atoms with E-state index < -0.39 is 0 Å². The monoisotopic (exact) mass is 267 g/mol. The van der Waals surface area contributed by atoms with Gasteiger partial charge in [-0.05, 0) is 70.7 Å². The zero-order valence-electron chi connectivity index (χ0n) is 13.2. The van der Waals surface area contributed by atoms with Crippen molar-refractivity contribution in [2.75, 3.05) is 46.3 Å². The normalized spacial score (nSPS) is 31.7. The summed E-state index contributed by atoms with van der Waals surface area (Å²) in [6, 6.07) is 0.758. The van der Waals surface area contributed by atoms with Gasteiger partial charge in [-0.1, -0.05) is 13.8 Å². The molecule has 0 radical (unpaired) electrons. The predicted molar refractivity (Wildman–Crippen MR) is 82.5 cm³/mol. The van der Waals surface area contributed by atoms with E-state index in [4.69, 9.17) is 0 Å². The summed E-state index contributed by atoms with van der Waals surface area (Å²) in [6.45, 7) is 12.4. The van der Waals surface area contributed by atoms with Crippen LogP contribution in [-0.2, 0) is 0 Å². The number of rotatable bonds is 5. The number of piperidine rings is 2. The van der Waals surface area contributed by atoms with E-state index in [0.717, 1.165) is 17.9 Å². The van der Waals surface area contributed by atoms with Crippen molar-refractivity contribution in [3.8, 4) is 0 Å². The Bertz CT molecular complexity index is 248. The Morgan fingerprint density at radius 2 is 1.84 bits per heavy atom. The molecule has 0 bridgehead atoms. The minimum Gasteiger partial charge on any atom is -0.314 e. The first-order chi connectivity index (χ1) is 9.19. The lowest BCUT2D eigenvalue weighted by Gasteiger charge is -2.40. The van der Waals surface area contributed by atoms with E-state index in [1.54, 1.807) is 0 Å². The lowest BCUT2D eigenvalue weighted by Crippen LogP contribution is -2.50. The zero-order valence-corrected chi connectivity index (χ0v) is 13.2. The zero-order chi connectivity index (χ0) is 13.7. The van der Waals surface area contributed by atoms with E-state index in [1.807, 2.05) is 0 Å². The van der Waals surface area contributed by atoms with Crippen LogP contribution in [0.5, 0.6) is 0 Å². The van der Waals surface area contributed by atoms with Crippen LogP contribution in [0.1, 0.15) is 39.5 Å². The minimum atomic E-state index is 0.758. The molecule has 2 heterocycles. The molecule has 2 aliphatic rings. The first-order valence-corrected chi connectivity index (χ1v) is 8.33. The smallest absolute Gasteiger partial charge is 0.0117 e. The van der Waals surface area contributed by atoms with E-state index in [2.05, 4.69) is 36.0 Å². The highest BCUT2D eigenvalue weighted by Gasteiger charge is 2.27. The van der Waals surface area contributed by atoms with Crippen LogP contribution in [0.4, 0.5) is 0 Å². The molecule has 2 unspecified atom stereocenters. The summed E-state index contributed by atoms with van der Waals surface area (Å²) >= 11 is 0. The van der Waals surface area contributed by atoms with Crippen LogP contribution in [0.15, 0.2) is 0 Å². The van der Waals surface area contributed by atoms with Crippen LogP contribution in [0.25, 0.3) is 0 Å². The average molecular weight is 267 g/mol. The van der Waals surface area contributed by atoms with Crippen LogP contribution in [0.2, 0.25) is 0 Å². The molecule has 112 valence electrons. The van der Waals surface area contributed by atoms with Crippen LogP contribution in [0, 0.1) is 11.8 Å². The van der Waals surface area contributed by atoms with Gasteiger partial charge < -0.3 is 15.1 Å². The fourth-order valence-corrected chi connectivity index (χ4v) is 3.64. The number of hydrogen-bond donors (Lipinski definition) is 1. The molecule has 2 atom stereocenters. The van der Waals surface area contributed by atoms with Gasteiger partial charge in [0.25, 0.3) is 0 Å². The van der Waals surface area contributed by atoms with Gasteiger partial charge in [0.05, 0.1) is 0 Å². The third-order valence-electron chi connectivity index (χ3n) is 5.00. The van der Waals surface area contributed by atoms with Gasteiger partial charge in [-0.2, -0.15) is 0 Å². The molecular weight excluding hydrogens is 234 g/mol. The van der Waals surface area contributed by atoms with Crippen molar-refractivity contribution in [1.29, 1.82) is 0 Å². The van der Waals surface area contributed by atoms with E-state index in [9.17, 15) is 0 Å². The molecule has 0 saturated carbocycles. The molecule has 3 nitrogen and oxygen atoms in total. The molecule has 3 heteroatoms. The molecule has 19 heavy (non-hydrogen) atoms. The summed E-state index contributed by atoms with van der Waals surface area (Å²) in [6.07, 6.45) is 5.40. The number of nitrogens with one attached hydrogen (secondary N) is 1. The van der Waals surface area contributed by atoms with E-state index in [1.165, 1.54) is 65.0 Å². The van der Waals surface area contributed by atoms with Gasteiger partial charge >= 0.3 is 0 Å². The Morgan fingerprint density at radius 1 is 1.11 bits per heavy atom. The second-order valence-corrected chi connectivity index (χ2v) is 6.83. The van der Waals surface area contributed by atoms with Gasteiger partial charge in [0.2, 0.25) is 0 Å². The van der Waals surface area contributed by atoms with Crippen molar-refractivity contribution in [2.45, 2.75) is 45.6 Å². The summed E-state index contributed by atoms with van der Waals surface area (Å²) in [7, 11) is 2.25. The maximum absolute atomic E-state index is 3.72. The largest absolute Gasteiger partial charge is 0.314 e. The Labute approximate surface area is 119 Å². The second-order valence-electron chi connectivity index (χ2n) is 6.83. The first-order valence-electron chi connectivity index (χ1n) is 8.33. The summed E-state index contributed by atoms with van der Waals surface area (Å²) in [5.41, 5.74) is 0. The van der Waals surface area contributed by atoms with Gasteiger partial charge in [-0.3, -0.25) is 0 Å². The van der Waals surface area contributed by atoms with E-state index in [0.29, 0.717) is 0 Å². The molecular formula is C16H33N3. The quantitative estimate of drug-likeness (QED) is 0.822. The van der Waals surface area contributed by atoms with Crippen molar-refractivity contribution >= 4 is 0 Å². The fourth-order valence-electron chi connectivity index (χ4n) is 3.64. The Kier molecular flexibility index (Phi) is 6.11. The predicted octanol–water partition coefficient (Wildman–Crippen LogP) is 2.04. The third-order valence-corrected chi connectivity index (χ3v) is 5.00. The summed E-state index contributed by atoms with van der Waals surface area (Å²) in [5.74, 6) is 1.76. The van der Waals surface area contributed by atoms with Crippen molar-refractivity contribution in [3.63, 3.8) is 0 Å². The average Bonchev–Trinajstić information content (AvgIpc) is 2.41. The van der Waals surface area contributed by atoms with Gasteiger partial charge in [-0.25, -0.2) is 0 Å². The Hall–Kier alpha value is -0.120. The Morgan fingerprint density at radius 3 is 2.47 bits per heavy atom. The highest BCUT2D eigenvalue weighted by Crippen LogP contribution is 2.22. The molecule has 2 fully saturated rings. The van der Waals surface area contributed by atoms with Gasteiger partial charge in [0.15, 0.2) is 0 Å². The molecule has 0 spiro atoms. The number of nitrogens with zero attached hydrogens (tertiary/aromatic N) is 2. The summed E-state index contributed by atoms with van der Waals surface area (Å²) < 4.78 is 0. The minimum absolute atomic E-state index is 0.758. The summed E-state index contributed by atoms with van der Waals surface area (Å²) in [4.78, 5) is 5.20. The molecule has 0 aromatic rings. The number of likely N-dealkylation sites (tertiary alicyclic amines) is 2. The topological polar surface area (TPSA) is 18.5 Å². The van der Waals surface area contributed by atoms with Crippen molar-refractivity contribution in [1.82, 2.24) is 15.1 Å². The molecule has 1 N–H and O–H groups in total. The van der Waals surface area contributed by atoms with Crippen LogP contribution >= 0.6 is 0 Å². The molecule has 0 aliphatic carbocycles. The Balaban J connectivity index is 1.69. The standard InChI is InChI=1S/C16H33N3/c1-4-8-17-16-7-11-19(12-14(16)2)13-15-5-9-18(3)10-6-15/h14-17H,4-13H2,1-3H3. The van der Waals surface area contributed by atoms with Crippen LogP contribution in [-0.4, -0.2) is 62.2 Å². The molecule has 2 rings (SSSR count). The SMILES string of the molecule is CCCNC1CCN(CC2CCN(C)CC2)CC1C. The van der Waals surface area contributed by atoms with E-state index in [-0.39, 0.29) is 0 Å². The second kappa shape index (κ2) is 7.61. The molecule has 0 aromatic heterocycles. The van der Waals surface area contributed by atoms with Gasteiger partial charge in [-0.15, -0.1) is 0 Å². The van der Waals surface area contributed by atoms with Crippen LogP contribution in [0.3, 0.4) is 0 Å². The lowest BCUT2D eigenvalue weighted by molar-refractivity contribution is 0.106. The maximum atomic E-state index is 3.72. The van der Waals surface area contributed by atoms with Gasteiger partial charge in [0, 0.05) is 19.1 Å². The molecule has 0 amide bonds. The highest BCUT2D eigenvalue weighted by atomic mass is 15.2. The van der Waals surface area contributed by atoms with Crippen molar-refractivity contribution < 1.29 is 0 Å². The van der Waals surface area contributed by atoms with Crippen LogP contribution < -0.4 is 5.32 Å². The lowest BCUT2D eigenvalue weighted by atomic mass is 9.91. The third kappa shape index (κ3) is 4.73. The van der Waals surface area contributed by atoms with Gasteiger partial charge in [0.1, 0.15) is 0 Å². The fraction of sp³-hybridized carbons (Fsp3) is 1.00. The highest BCUT2D eigenvalue weighted by molar-refractivity contribution is 4.84. The maximum Gasteiger partial charge on any atom is 0.0117 e. The number of hydrogen-bond acceptors (Lipinski definition) is 3. The van der Waals surface area contributed by atoms with E-state index >= 15 is 0 Å².